The number of carbonyl (C=O) groups is 3. The molecule has 200 valence electrons. The second-order valence-corrected chi connectivity index (χ2v) is 10.1. The first kappa shape index (κ1) is 26.1. The summed E-state index contributed by atoms with van der Waals surface area (Å²) in [6.45, 7) is 9.22. The van der Waals surface area contributed by atoms with Crippen LogP contribution in [0.2, 0.25) is 5.02 Å². The van der Waals surface area contributed by atoms with Gasteiger partial charge < -0.3 is 24.2 Å². The van der Waals surface area contributed by atoms with Gasteiger partial charge in [-0.15, -0.1) is 0 Å². The highest BCUT2D eigenvalue weighted by atomic mass is 35.5. The number of hydrogen-bond donors (Lipinski definition) is 0. The number of halogens is 2. The molecule has 4 heterocycles. The Labute approximate surface area is 224 Å². The van der Waals surface area contributed by atoms with Crippen molar-refractivity contribution in [1.29, 1.82) is 0 Å². The number of amides is 2. The van der Waals surface area contributed by atoms with Crippen molar-refractivity contribution in [2.45, 2.75) is 32.0 Å². The van der Waals surface area contributed by atoms with Crippen LogP contribution in [0, 0.1) is 5.82 Å². The highest BCUT2D eigenvalue weighted by Gasteiger charge is 2.42. The predicted octanol–water partition coefficient (Wildman–Crippen LogP) is 3.20. The van der Waals surface area contributed by atoms with E-state index in [9.17, 15) is 14.4 Å². The maximum atomic E-state index is 15.2. The number of benzene rings is 1. The number of anilines is 1. The van der Waals surface area contributed by atoms with Crippen LogP contribution in [0.15, 0.2) is 30.9 Å². The second kappa shape index (κ2) is 10.3. The fraction of sp³-hybridized carbons (Fsp3) is 0.407. The van der Waals surface area contributed by atoms with Crippen molar-refractivity contribution < 1.29 is 28.2 Å². The SMILES string of the molecule is C=CC(=O)N1CCN2C(=O)c3c(N4[C@H](C)COC[C@@H]4C)nc(-c4c(F)cccc4C=O)c(Cl)c3OC[C@H]2C1. The van der Waals surface area contributed by atoms with E-state index in [4.69, 9.17) is 26.1 Å². The maximum Gasteiger partial charge on any atom is 0.261 e. The van der Waals surface area contributed by atoms with Crippen LogP contribution in [0.4, 0.5) is 10.2 Å². The molecule has 0 aliphatic carbocycles. The minimum absolute atomic E-state index is 0.0163. The van der Waals surface area contributed by atoms with Gasteiger partial charge in [0.05, 0.1) is 37.0 Å². The summed E-state index contributed by atoms with van der Waals surface area (Å²) in [7, 11) is 0. The minimum Gasteiger partial charge on any atom is -0.489 e. The van der Waals surface area contributed by atoms with Gasteiger partial charge >= 0.3 is 0 Å². The molecule has 11 heteroatoms. The van der Waals surface area contributed by atoms with Crippen LogP contribution in [0.25, 0.3) is 11.3 Å². The number of morpholine rings is 1. The number of hydrogen-bond acceptors (Lipinski definition) is 7. The lowest BCUT2D eigenvalue weighted by Gasteiger charge is -2.42. The molecule has 3 atom stereocenters. The van der Waals surface area contributed by atoms with Gasteiger partial charge in [-0.25, -0.2) is 9.37 Å². The van der Waals surface area contributed by atoms with E-state index in [1.54, 1.807) is 9.80 Å². The normalized spacial score (nSPS) is 23.2. The third-order valence-electron chi connectivity index (χ3n) is 7.26. The Kier molecular flexibility index (Phi) is 7.11. The smallest absolute Gasteiger partial charge is 0.261 e. The standard InChI is InChI=1S/C27H28ClFN4O5/c1-4-20(35)31-8-9-32-18(10-31)14-38-25-22(27(32)36)26(33-15(2)12-37-13-16(33)3)30-24(23(25)28)21-17(11-34)6-5-7-19(21)29/h4-7,11,15-16,18H,1,8-10,12-14H2,2-3H3/t15-,16+,18-/m1/s1. The van der Waals surface area contributed by atoms with E-state index < -0.39 is 11.9 Å². The Morgan fingerprint density at radius 1 is 1.18 bits per heavy atom. The molecule has 1 aromatic carbocycles. The van der Waals surface area contributed by atoms with Crippen LogP contribution in [0.5, 0.6) is 5.75 Å². The van der Waals surface area contributed by atoms with Gasteiger partial charge in [0.1, 0.15) is 28.8 Å². The third kappa shape index (κ3) is 4.31. The zero-order valence-electron chi connectivity index (χ0n) is 21.2. The minimum atomic E-state index is -0.672. The number of rotatable bonds is 4. The third-order valence-corrected chi connectivity index (χ3v) is 7.61. The van der Waals surface area contributed by atoms with Crippen molar-refractivity contribution in [3.05, 3.63) is 52.8 Å². The Bertz CT molecular complexity index is 1310. The maximum absolute atomic E-state index is 15.2. The molecule has 0 spiro atoms. The molecule has 0 unspecified atom stereocenters. The van der Waals surface area contributed by atoms with E-state index in [1.807, 2.05) is 18.7 Å². The van der Waals surface area contributed by atoms with Gasteiger partial charge in [-0.3, -0.25) is 14.4 Å². The summed E-state index contributed by atoms with van der Waals surface area (Å²) in [5.41, 5.74) is 0.201. The van der Waals surface area contributed by atoms with Gasteiger partial charge in [0, 0.05) is 30.8 Å². The van der Waals surface area contributed by atoms with Crippen LogP contribution in [0.3, 0.4) is 0 Å². The van der Waals surface area contributed by atoms with Crippen molar-refractivity contribution >= 4 is 35.5 Å². The molecule has 0 saturated carbocycles. The highest BCUT2D eigenvalue weighted by molar-refractivity contribution is 6.35. The zero-order chi connectivity index (χ0) is 27.1. The molecule has 2 saturated heterocycles. The molecule has 0 bridgehead atoms. The van der Waals surface area contributed by atoms with E-state index >= 15 is 4.39 Å². The Hall–Kier alpha value is -3.50. The molecule has 3 aliphatic heterocycles. The number of aromatic nitrogens is 1. The van der Waals surface area contributed by atoms with Crippen LogP contribution in [0.1, 0.15) is 34.6 Å². The van der Waals surface area contributed by atoms with E-state index in [1.165, 1.54) is 24.3 Å². The van der Waals surface area contributed by atoms with E-state index in [0.717, 1.165) is 0 Å². The number of piperazine rings is 1. The number of carbonyl (C=O) groups excluding carboxylic acids is 3. The fourth-order valence-electron chi connectivity index (χ4n) is 5.44. The molecule has 38 heavy (non-hydrogen) atoms. The largest absolute Gasteiger partial charge is 0.489 e. The van der Waals surface area contributed by atoms with Gasteiger partial charge in [0.15, 0.2) is 12.0 Å². The molecule has 9 nitrogen and oxygen atoms in total. The average molecular weight is 543 g/mol. The lowest BCUT2D eigenvalue weighted by molar-refractivity contribution is -0.128. The zero-order valence-corrected chi connectivity index (χ0v) is 21.9. The number of aldehydes is 1. The summed E-state index contributed by atoms with van der Waals surface area (Å²) in [5, 5.41) is -0.0577. The van der Waals surface area contributed by atoms with Gasteiger partial charge in [-0.2, -0.15) is 0 Å². The number of nitrogens with zero attached hydrogens (tertiary/aromatic N) is 4. The lowest BCUT2D eigenvalue weighted by atomic mass is 10.0. The summed E-state index contributed by atoms with van der Waals surface area (Å²) in [6.07, 6.45) is 1.79. The molecule has 1 aromatic heterocycles. The van der Waals surface area contributed by atoms with E-state index in [-0.39, 0.29) is 76.0 Å². The Balaban J connectivity index is 1.71. The molecule has 2 amide bonds. The topological polar surface area (TPSA) is 92.3 Å². The molecule has 0 N–H and O–H groups in total. The first-order valence-corrected chi connectivity index (χ1v) is 12.8. The second-order valence-electron chi connectivity index (χ2n) is 9.72. The van der Waals surface area contributed by atoms with Gasteiger partial charge in [-0.05, 0) is 26.0 Å². The van der Waals surface area contributed by atoms with Gasteiger partial charge in [0.2, 0.25) is 5.91 Å². The Morgan fingerprint density at radius 2 is 1.92 bits per heavy atom. The quantitative estimate of drug-likeness (QED) is 0.433. The van der Waals surface area contributed by atoms with Crippen LogP contribution < -0.4 is 9.64 Å². The summed E-state index contributed by atoms with van der Waals surface area (Å²) < 4.78 is 27.0. The highest BCUT2D eigenvalue weighted by Crippen LogP contribution is 2.45. The number of ether oxygens (including phenoxy) is 2. The monoisotopic (exact) mass is 542 g/mol. The fourth-order valence-corrected chi connectivity index (χ4v) is 5.72. The van der Waals surface area contributed by atoms with E-state index in [0.29, 0.717) is 32.6 Å². The summed E-state index contributed by atoms with van der Waals surface area (Å²) in [4.78, 5) is 48.2. The molecule has 2 aromatic rings. The van der Waals surface area contributed by atoms with Crippen LogP contribution >= 0.6 is 11.6 Å². The van der Waals surface area contributed by atoms with E-state index in [2.05, 4.69) is 6.58 Å². The Morgan fingerprint density at radius 3 is 2.61 bits per heavy atom. The first-order chi connectivity index (χ1) is 18.3. The van der Waals surface area contributed by atoms with Crippen molar-refractivity contribution in [2.75, 3.05) is 44.4 Å². The average Bonchev–Trinajstić information content (AvgIpc) is 3.06. The summed E-state index contributed by atoms with van der Waals surface area (Å²) in [6, 6.07) is 3.38. The summed E-state index contributed by atoms with van der Waals surface area (Å²) >= 11 is 6.82. The van der Waals surface area contributed by atoms with Crippen molar-refractivity contribution in [1.82, 2.24) is 14.8 Å². The first-order valence-electron chi connectivity index (χ1n) is 12.5. The van der Waals surface area contributed by atoms with Gasteiger partial charge in [-0.1, -0.05) is 30.3 Å². The van der Waals surface area contributed by atoms with Crippen molar-refractivity contribution in [3.63, 3.8) is 0 Å². The number of fused-ring (bicyclic) bond motifs is 2. The number of pyridine rings is 1. The molecule has 3 aliphatic rings. The van der Waals surface area contributed by atoms with Gasteiger partial charge in [0.25, 0.3) is 5.91 Å². The molecule has 0 radical (unpaired) electrons. The molecule has 5 rings (SSSR count). The van der Waals surface area contributed by atoms with Crippen LogP contribution in [-0.4, -0.2) is 90.5 Å². The van der Waals surface area contributed by atoms with Crippen LogP contribution in [-0.2, 0) is 9.53 Å². The van der Waals surface area contributed by atoms with Crippen molar-refractivity contribution in [3.8, 4) is 17.0 Å². The van der Waals surface area contributed by atoms with Crippen molar-refractivity contribution in [2.24, 2.45) is 0 Å². The lowest BCUT2D eigenvalue weighted by Crippen LogP contribution is -2.57. The molecule has 2 fully saturated rings. The molecular formula is C27H28ClFN4O5. The molecular weight excluding hydrogens is 515 g/mol. The summed E-state index contributed by atoms with van der Waals surface area (Å²) in [5.74, 6) is -0.858. The predicted molar refractivity (Wildman–Crippen MR) is 139 cm³/mol.